The molecule has 0 aliphatic heterocycles. The van der Waals surface area contributed by atoms with Crippen molar-refractivity contribution in [1.29, 1.82) is 0 Å². The maximum Gasteiger partial charge on any atom is 0.326 e. The fourth-order valence-electron chi connectivity index (χ4n) is 2.15. The molecule has 2 rings (SSSR count). The topological polar surface area (TPSA) is 84.2 Å². The van der Waals surface area contributed by atoms with Gasteiger partial charge in [-0.2, -0.15) is 5.10 Å². The van der Waals surface area contributed by atoms with Gasteiger partial charge in [-0.25, -0.2) is 9.48 Å². The van der Waals surface area contributed by atoms with E-state index in [2.05, 4.69) is 10.4 Å². The molecule has 1 heterocycles. The predicted molar refractivity (Wildman–Crippen MR) is 82.0 cm³/mol. The first-order chi connectivity index (χ1) is 10.6. The molecule has 0 aliphatic carbocycles. The van der Waals surface area contributed by atoms with Crippen LogP contribution in [-0.4, -0.2) is 32.8 Å². The molecular weight excluding hydrogens is 282 g/mol. The van der Waals surface area contributed by atoms with Gasteiger partial charge >= 0.3 is 5.97 Å². The number of para-hydroxylation sites is 1. The average molecular weight is 301 g/mol. The lowest BCUT2D eigenvalue weighted by Crippen LogP contribution is -2.41. The van der Waals surface area contributed by atoms with Crippen LogP contribution in [0.1, 0.15) is 36.7 Å². The molecule has 116 valence electrons. The van der Waals surface area contributed by atoms with E-state index in [1.807, 2.05) is 37.3 Å². The molecule has 2 aromatic rings. The zero-order valence-corrected chi connectivity index (χ0v) is 12.4. The summed E-state index contributed by atoms with van der Waals surface area (Å²) in [6, 6.07) is 9.91. The molecule has 1 amide bonds. The van der Waals surface area contributed by atoms with E-state index in [1.54, 1.807) is 6.07 Å². The van der Waals surface area contributed by atoms with Crippen molar-refractivity contribution in [1.82, 2.24) is 15.1 Å². The minimum Gasteiger partial charge on any atom is -0.480 e. The summed E-state index contributed by atoms with van der Waals surface area (Å²) in [5.74, 6) is -1.46. The van der Waals surface area contributed by atoms with Crippen LogP contribution in [0, 0.1) is 0 Å². The maximum absolute atomic E-state index is 12.3. The van der Waals surface area contributed by atoms with E-state index in [0.29, 0.717) is 12.1 Å². The second-order valence-electron chi connectivity index (χ2n) is 4.97. The van der Waals surface area contributed by atoms with E-state index in [1.165, 1.54) is 10.9 Å². The molecule has 0 spiro atoms. The van der Waals surface area contributed by atoms with Crippen molar-refractivity contribution in [3.05, 3.63) is 48.3 Å². The number of benzene rings is 1. The molecule has 1 unspecified atom stereocenters. The third-order valence-electron chi connectivity index (χ3n) is 3.33. The second-order valence-corrected chi connectivity index (χ2v) is 4.97. The van der Waals surface area contributed by atoms with Gasteiger partial charge in [0.15, 0.2) is 0 Å². The molecule has 1 aromatic heterocycles. The lowest BCUT2D eigenvalue weighted by Gasteiger charge is -2.14. The summed E-state index contributed by atoms with van der Waals surface area (Å²) in [6.07, 6.45) is 3.55. The molecule has 0 aliphatic rings. The van der Waals surface area contributed by atoms with Crippen molar-refractivity contribution in [3.63, 3.8) is 0 Å². The number of rotatable bonds is 7. The number of hydrogen-bond acceptors (Lipinski definition) is 3. The van der Waals surface area contributed by atoms with E-state index in [4.69, 9.17) is 0 Å². The first-order valence-electron chi connectivity index (χ1n) is 7.26. The Hall–Kier alpha value is -2.63. The second kappa shape index (κ2) is 7.40. The Labute approximate surface area is 128 Å². The number of amides is 1. The van der Waals surface area contributed by atoms with Gasteiger partial charge in [-0.05, 0) is 24.6 Å². The Balaban J connectivity index is 2.16. The van der Waals surface area contributed by atoms with Crippen LogP contribution in [0.4, 0.5) is 0 Å². The quantitative estimate of drug-likeness (QED) is 0.821. The van der Waals surface area contributed by atoms with Gasteiger partial charge in [0.25, 0.3) is 5.91 Å². The Morgan fingerprint density at radius 2 is 2.00 bits per heavy atom. The van der Waals surface area contributed by atoms with Crippen molar-refractivity contribution in [2.75, 3.05) is 0 Å². The van der Waals surface area contributed by atoms with Crippen LogP contribution < -0.4 is 5.32 Å². The molecule has 0 radical (unpaired) electrons. The first-order valence-corrected chi connectivity index (χ1v) is 7.26. The number of nitrogens with zero attached hydrogens (tertiary/aromatic N) is 2. The van der Waals surface area contributed by atoms with Crippen LogP contribution in [0.2, 0.25) is 0 Å². The lowest BCUT2D eigenvalue weighted by atomic mass is 10.1. The summed E-state index contributed by atoms with van der Waals surface area (Å²) in [5, 5.41) is 15.9. The average Bonchev–Trinajstić information content (AvgIpc) is 3.01. The van der Waals surface area contributed by atoms with Crippen LogP contribution in [0.3, 0.4) is 0 Å². The highest BCUT2D eigenvalue weighted by molar-refractivity contribution is 5.95. The van der Waals surface area contributed by atoms with Crippen molar-refractivity contribution in [2.45, 2.75) is 32.2 Å². The van der Waals surface area contributed by atoms with Gasteiger partial charge < -0.3 is 10.4 Å². The molecular formula is C16H19N3O3. The zero-order valence-electron chi connectivity index (χ0n) is 12.4. The number of carboxylic acid groups (broad SMARTS) is 1. The molecule has 6 heteroatoms. The van der Waals surface area contributed by atoms with Gasteiger partial charge in [0.2, 0.25) is 0 Å². The minimum absolute atomic E-state index is 0.314. The molecule has 0 saturated heterocycles. The van der Waals surface area contributed by atoms with Crippen molar-refractivity contribution < 1.29 is 14.7 Å². The highest BCUT2D eigenvalue weighted by Crippen LogP contribution is 2.11. The first kappa shape index (κ1) is 15.8. The van der Waals surface area contributed by atoms with Gasteiger partial charge in [0.05, 0.1) is 11.9 Å². The monoisotopic (exact) mass is 301 g/mol. The van der Waals surface area contributed by atoms with Crippen LogP contribution in [0.5, 0.6) is 0 Å². The number of carboxylic acids is 1. The van der Waals surface area contributed by atoms with Crippen molar-refractivity contribution in [3.8, 4) is 5.69 Å². The number of hydrogen-bond donors (Lipinski definition) is 2. The smallest absolute Gasteiger partial charge is 0.326 e. The number of aromatic nitrogens is 2. The molecule has 1 atom stereocenters. The van der Waals surface area contributed by atoms with Crippen LogP contribution in [0.25, 0.3) is 5.69 Å². The standard InChI is InChI=1S/C16H19N3O3/c1-2-3-9-13(16(21)22)18-15(20)14-10-11-17-19(14)12-7-5-4-6-8-12/h4-8,10-11,13H,2-3,9H2,1H3,(H,18,20)(H,21,22). The summed E-state index contributed by atoms with van der Waals surface area (Å²) in [4.78, 5) is 23.6. The molecule has 22 heavy (non-hydrogen) atoms. The van der Waals surface area contributed by atoms with Crippen LogP contribution in [0.15, 0.2) is 42.6 Å². The number of nitrogens with one attached hydrogen (secondary N) is 1. The van der Waals surface area contributed by atoms with Gasteiger partial charge in [-0.15, -0.1) is 0 Å². The fourth-order valence-corrected chi connectivity index (χ4v) is 2.15. The van der Waals surface area contributed by atoms with Crippen molar-refractivity contribution in [2.24, 2.45) is 0 Å². The summed E-state index contributed by atoms with van der Waals surface area (Å²) in [6.45, 7) is 1.98. The third kappa shape index (κ3) is 3.72. The molecule has 0 bridgehead atoms. The molecule has 0 fully saturated rings. The normalized spacial score (nSPS) is 11.9. The van der Waals surface area contributed by atoms with Crippen LogP contribution >= 0.6 is 0 Å². The van der Waals surface area contributed by atoms with Gasteiger partial charge in [-0.1, -0.05) is 38.0 Å². The summed E-state index contributed by atoms with van der Waals surface area (Å²) < 4.78 is 1.49. The Morgan fingerprint density at radius 1 is 1.27 bits per heavy atom. The van der Waals surface area contributed by atoms with E-state index in [9.17, 15) is 14.7 Å². The maximum atomic E-state index is 12.3. The molecule has 1 aromatic carbocycles. The summed E-state index contributed by atoms with van der Waals surface area (Å²) in [7, 11) is 0. The lowest BCUT2D eigenvalue weighted by molar-refractivity contribution is -0.139. The van der Waals surface area contributed by atoms with E-state index >= 15 is 0 Å². The summed E-state index contributed by atoms with van der Waals surface area (Å²) in [5.41, 5.74) is 1.06. The van der Waals surface area contributed by atoms with Gasteiger partial charge in [-0.3, -0.25) is 4.79 Å². The summed E-state index contributed by atoms with van der Waals surface area (Å²) >= 11 is 0. The largest absolute Gasteiger partial charge is 0.480 e. The van der Waals surface area contributed by atoms with Crippen molar-refractivity contribution >= 4 is 11.9 Å². The fraction of sp³-hybridized carbons (Fsp3) is 0.312. The molecule has 0 saturated carbocycles. The molecule has 6 nitrogen and oxygen atoms in total. The Bertz CT molecular complexity index is 637. The van der Waals surface area contributed by atoms with E-state index < -0.39 is 17.9 Å². The minimum atomic E-state index is -1.02. The Kier molecular flexibility index (Phi) is 5.30. The highest BCUT2D eigenvalue weighted by atomic mass is 16.4. The number of unbranched alkanes of at least 4 members (excludes halogenated alkanes) is 1. The van der Waals surface area contributed by atoms with E-state index in [-0.39, 0.29) is 0 Å². The number of carbonyl (C=O) groups excluding carboxylic acids is 1. The zero-order chi connectivity index (χ0) is 15.9. The molecule has 2 N–H and O–H groups in total. The Morgan fingerprint density at radius 3 is 2.64 bits per heavy atom. The van der Waals surface area contributed by atoms with Gasteiger partial charge in [0, 0.05) is 0 Å². The van der Waals surface area contributed by atoms with Crippen LogP contribution in [-0.2, 0) is 4.79 Å². The number of aliphatic carboxylic acids is 1. The van der Waals surface area contributed by atoms with E-state index in [0.717, 1.165) is 18.5 Å². The number of carbonyl (C=O) groups is 2. The highest BCUT2D eigenvalue weighted by Gasteiger charge is 2.22. The third-order valence-corrected chi connectivity index (χ3v) is 3.33. The SMILES string of the molecule is CCCCC(NC(=O)c1ccnn1-c1ccccc1)C(=O)O. The van der Waals surface area contributed by atoms with Gasteiger partial charge in [0.1, 0.15) is 11.7 Å². The predicted octanol–water partition coefficient (Wildman–Crippen LogP) is 2.25.